The van der Waals surface area contributed by atoms with Crippen molar-refractivity contribution in [1.82, 2.24) is 4.90 Å². The second-order valence-electron chi connectivity index (χ2n) is 7.59. The third kappa shape index (κ3) is 11.4. The number of esters is 1. The van der Waals surface area contributed by atoms with Gasteiger partial charge in [-0.25, -0.2) is 4.79 Å². The number of rotatable bonds is 6. The van der Waals surface area contributed by atoms with Gasteiger partial charge in [0.05, 0.1) is 6.42 Å². The van der Waals surface area contributed by atoms with Gasteiger partial charge in [-0.3, -0.25) is 4.79 Å². The third-order valence-electron chi connectivity index (χ3n) is 2.62. The zero-order valence-electron chi connectivity index (χ0n) is 15.1. The quantitative estimate of drug-likeness (QED) is 0.762. The van der Waals surface area contributed by atoms with E-state index in [0.29, 0.717) is 19.4 Å². The molecule has 0 bridgehead atoms. The SMILES string of the molecule is CN(CCC[C@H](N)CC(=O)OC(C)(C)C)C(=O)OC(C)(C)C. The van der Waals surface area contributed by atoms with Crippen LogP contribution in [0.5, 0.6) is 0 Å². The number of carbonyl (C=O) groups excluding carboxylic acids is 2. The number of nitrogens with zero attached hydrogens (tertiary/aromatic N) is 1. The minimum Gasteiger partial charge on any atom is -0.460 e. The monoisotopic (exact) mass is 316 g/mol. The summed E-state index contributed by atoms with van der Waals surface area (Å²) in [5.41, 5.74) is 4.93. The fourth-order valence-corrected chi connectivity index (χ4v) is 1.72. The van der Waals surface area contributed by atoms with Crippen LogP contribution in [0.25, 0.3) is 0 Å². The summed E-state index contributed by atoms with van der Waals surface area (Å²) in [5, 5.41) is 0. The van der Waals surface area contributed by atoms with Crippen molar-refractivity contribution in [3.63, 3.8) is 0 Å². The Morgan fingerprint density at radius 3 is 2.00 bits per heavy atom. The molecule has 2 N–H and O–H groups in total. The molecule has 0 unspecified atom stereocenters. The summed E-state index contributed by atoms with van der Waals surface area (Å²) in [5.74, 6) is -0.291. The topological polar surface area (TPSA) is 81.9 Å². The van der Waals surface area contributed by atoms with Crippen LogP contribution < -0.4 is 5.73 Å². The molecule has 0 saturated carbocycles. The molecule has 1 atom stereocenters. The summed E-state index contributed by atoms with van der Waals surface area (Å²) in [4.78, 5) is 24.9. The molecule has 0 radical (unpaired) electrons. The number of amides is 1. The number of hydrogen-bond donors (Lipinski definition) is 1. The number of nitrogens with two attached hydrogens (primary N) is 1. The van der Waals surface area contributed by atoms with Gasteiger partial charge >= 0.3 is 12.1 Å². The molecule has 0 aliphatic rings. The first-order chi connectivity index (χ1) is 9.80. The van der Waals surface area contributed by atoms with Gasteiger partial charge in [0.1, 0.15) is 11.2 Å². The first kappa shape index (κ1) is 20.7. The predicted octanol–water partition coefficient (Wildman–Crippen LogP) is 2.69. The molecular formula is C16H32N2O4. The fourth-order valence-electron chi connectivity index (χ4n) is 1.72. The van der Waals surface area contributed by atoms with E-state index in [4.69, 9.17) is 15.2 Å². The standard InChI is InChI=1S/C16H32N2O4/c1-15(2,3)21-13(19)11-12(17)9-8-10-18(7)14(20)22-16(4,5)6/h12H,8-11,17H2,1-7H3/t12-/m0/s1. The fraction of sp³-hybridized carbons (Fsp3) is 0.875. The van der Waals surface area contributed by atoms with Crippen LogP contribution in [0.3, 0.4) is 0 Å². The van der Waals surface area contributed by atoms with E-state index in [1.54, 1.807) is 7.05 Å². The minimum absolute atomic E-state index is 0.188. The van der Waals surface area contributed by atoms with Crippen LogP contribution in [0, 0.1) is 0 Å². The molecule has 0 spiro atoms. The highest BCUT2D eigenvalue weighted by molar-refractivity contribution is 5.70. The van der Waals surface area contributed by atoms with Crippen LogP contribution in [-0.4, -0.2) is 47.8 Å². The Labute approximate surface area is 134 Å². The van der Waals surface area contributed by atoms with Gasteiger partial charge in [-0.2, -0.15) is 0 Å². The van der Waals surface area contributed by atoms with Crippen molar-refractivity contribution in [2.45, 2.75) is 78.0 Å². The lowest BCUT2D eigenvalue weighted by Gasteiger charge is -2.25. The van der Waals surface area contributed by atoms with Crippen LogP contribution in [0.2, 0.25) is 0 Å². The molecule has 0 aliphatic heterocycles. The van der Waals surface area contributed by atoms with E-state index in [2.05, 4.69) is 0 Å². The Kier molecular flexibility index (Phi) is 7.87. The average Bonchev–Trinajstić information content (AvgIpc) is 2.23. The van der Waals surface area contributed by atoms with E-state index in [0.717, 1.165) is 0 Å². The number of ether oxygens (including phenoxy) is 2. The van der Waals surface area contributed by atoms with E-state index in [-0.39, 0.29) is 24.5 Å². The Balaban J connectivity index is 3.99. The van der Waals surface area contributed by atoms with Gasteiger partial charge in [-0.05, 0) is 54.4 Å². The van der Waals surface area contributed by atoms with Crippen LogP contribution in [-0.2, 0) is 14.3 Å². The van der Waals surface area contributed by atoms with Crippen molar-refractivity contribution in [3.05, 3.63) is 0 Å². The maximum Gasteiger partial charge on any atom is 0.410 e. The second-order valence-corrected chi connectivity index (χ2v) is 7.59. The normalized spacial score (nSPS) is 13.5. The van der Waals surface area contributed by atoms with Crippen molar-refractivity contribution in [2.24, 2.45) is 5.73 Å². The van der Waals surface area contributed by atoms with Gasteiger partial charge in [0.15, 0.2) is 0 Å². The molecule has 0 saturated heterocycles. The zero-order valence-corrected chi connectivity index (χ0v) is 15.1. The highest BCUT2D eigenvalue weighted by atomic mass is 16.6. The zero-order chi connectivity index (χ0) is 17.6. The highest BCUT2D eigenvalue weighted by Gasteiger charge is 2.21. The van der Waals surface area contributed by atoms with Gasteiger partial charge in [-0.15, -0.1) is 0 Å². The van der Waals surface area contributed by atoms with Crippen molar-refractivity contribution >= 4 is 12.1 Å². The van der Waals surface area contributed by atoms with E-state index in [9.17, 15) is 9.59 Å². The summed E-state index contributed by atoms with van der Waals surface area (Å²) in [6.07, 6.45) is 1.19. The minimum atomic E-state index is -0.502. The van der Waals surface area contributed by atoms with Crippen molar-refractivity contribution in [2.75, 3.05) is 13.6 Å². The molecule has 0 aliphatic carbocycles. The molecule has 0 aromatic carbocycles. The Morgan fingerprint density at radius 1 is 1.05 bits per heavy atom. The first-order valence-corrected chi connectivity index (χ1v) is 7.72. The predicted molar refractivity (Wildman–Crippen MR) is 86.5 cm³/mol. The van der Waals surface area contributed by atoms with Gasteiger partial charge in [0, 0.05) is 19.6 Å². The molecule has 0 aromatic rings. The summed E-state index contributed by atoms with van der Waals surface area (Å²) < 4.78 is 10.5. The first-order valence-electron chi connectivity index (χ1n) is 7.72. The largest absolute Gasteiger partial charge is 0.460 e. The number of carbonyl (C=O) groups is 2. The van der Waals surface area contributed by atoms with Crippen LogP contribution in [0.15, 0.2) is 0 Å². The lowest BCUT2D eigenvalue weighted by Crippen LogP contribution is -2.35. The van der Waals surface area contributed by atoms with E-state index in [1.807, 2.05) is 41.5 Å². The van der Waals surface area contributed by atoms with E-state index < -0.39 is 11.2 Å². The van der Waals surface area contributed by atoms with Crippen LogP contribution in [0.4, 0.5) is 4.79 Å². The summed E-state index contributed by atoms with van der Waals surface area (Å²) >= 11 is 0. The van der Waals surface area contributed by atoms with E-state index in [1.165, 1.54) is 4.90 Å². The summed E-state index contributed by atoms with van der Waals surface area (Å²) in [6, 6.07) is -0.262. The second kappa shape index (κ2) is 8.36. The maximum absolute atomic E-state index is 11.8. The lowest BCUT2D eigenvalue weighted by molar-refractivity contribution is -0.155. The molecule has 1 amide bonds. The molecule has 6 heteroatoms. The van der Waals surface area contributed by atoms with E-state index >= 15 is 0 Å². The molecule has 0 heterocycles. The van der Waals surface area contributed by atoms with Gasteiger partial charge in [-0.1, -0.05) is 0 Å². The smallest absolute Gasteiger partial charge is 0.410 e. The van der Waals surface area contributed by atoms with Gasteiger partial charge < -0.3 is 20.1 Å². The average molecular weight is 316 g/mol. The maximum atomic E-state index is 11.8. The molecule has 22 heavy (non-hydrogen) atoms. The van der Waals surface area contributed by atoms with Crippen LogP contribution in [0.1, 0.15) is 60.8 Å². The van der Waals surface area contributed by atoms with Crippen molar-refractivity contribution in [3.8, 4) is 0 Å². The van der Waals surface area contributed by atoms with Gasteiger partial charge in [0.2, 0.25) is 0 Å². The number of hydrogen-bond acceptors (Lipinski definition) is 5. The summed E-state index contributed by atoms with van der Waals surface area (Å²) in [7, 11) is 1.69. The molecular weight excluding hydrogens is 284 g/mol. The Bertz CT molecular complexity index is 369. The highest BCUT2D eigenvalue weighted by Crippen LogP contribution is 2.12. The van der Waals surface area contributed by atoms with Crippen molar-refractivity contribution < 1.29 is 19.1 Å². The summed E-state index contributed by atoms with van der Waals surface area (Å²) in [6.45, 7) is 11.5. The van der Waals surface area contributed by atoms with Crippen molar-refractivity contribution in [1.29, 1.82) is 0 Å². The Morgan fingerprint density at radius 2 is 1.55 bits per heavy atom. The van der Waals surface area contributed by atoms with Gasteiger partial charge in [0.25, 0.3) is 0 Å². The molecule has 0 aromatic heterocycles. The van der Waals surface area contributed by atoms with Crippen LogP contribution >= 0.6 is 0 Å². The molecule has 0 rings (SSSR count). The molecule has 0 fully saturated rings. The third-order valence-corrected chi connectivity index (χ3v) is 2.62. The Hall–Kier alpha value is -1.30. The molecule has 130 valence electrons. The molecule has 6 nitrogen and oxygen atoms in total. The lowest BCUT2D eigenvalue weighted by atomic mass is 10.1.